The van der Waals surface area contributed by atoms with Gasteiger partial charge in [0.2, 0.25) is 0 Å². The molecule has 0 N–H and O–H groups in total. The van der Waals surface area contributed by atoms with Crippen molar-refractivity contribution in [3.8, 4) is 11.8 Å². The molecular formula is C10H16O2. The molecule has 0 rings (SSSR count). The maximum absolute atomic E-state index is 11.1. The molecule has 0 aliphatic carbocycles. The first kappa shape index (κ1) is 11.0. The van der Waals surface area contributed by atoms with Crippen LogP contribution in [0.5, 0.6) is 0 Å². The molecular weight excluding hydrogens is 152 g/mol. The molecule has 0 aromatic carbocycles. The summed E-state index contributed by atoms with van der Waals surface area (Å²) < 4.78 is 4.65. The highest BCUT2D eigenvalue weighted by Gasteiger charge is 2.15. The standard InChI is InChI=1S/C10H16O2/c1-4-6-7-8-9(5-2)10(11)12-3/h9H,5,7-8H2,1-3H3. The maximum atomic E-state index is 11.1. The highest BCUT2D eigenvalue weighted by molar-refractivity contribution is 5.72. The quantitative estimate of drug-likeness (QED) is 0.474. The molecule has 68 valence electrons. The predicted octanol–water partition coefficient (Wildman–Crippen LogP) is 1.99. The van der Waals surface area contributed by atoms with E-state index in [0.717, 1.165) is 19.3 Å². The number of esters is 1. The van der Waals surface area contributed by atoms with Crippen LogP contribution in [0.25, 0.3) is 0 Å². The van der Waals surface area contributed by atoms with Gasteiger partial charge in [-0.25, -0.2) is 0 Å². The lowest BCUT2D eigenvalue weighted by Crippen LogP contribution is -2.14. The van der Waals surface area contributed by atoms with Crippen LogP contribution in [-0.2, 0) is 9.53 Å². The van der Waals surface area contributed by atoms with Gasteiger partial charge in [0.05, 0.1) is 13.0 Å². The fourth-order valence-electron chi connectivity index (χ4n) is 1.03. The fourth-order valence-corrected chi connectivity index (χ4v) is 1.03. The molecule has 12 heavy (non-hydrogen) atoms. The Balaban J connectivity index is 3.80. The van der Waals surface area contributed by atoms with Crippen molar-refractivity contribution in [3.05, 3.63) is 0 Å². The van der Waals surface area contributed by atoms with E-state index in [-0.39, 0.29) is 11.9 Å². The second kappa shape index (κ2) is 6.72. The van der Waals surface area contributed by atoms with Gasteiger partial charge in [-0.2, -0.15) is 0 Å². The predicted molar refractivity (Wildman–Crippen MR) is 48.5 cm³/mol. The summed E-state index contributed by atoms with van der Waals surface area (Å²) in [5.41, 5.74) is 0. The number of carbonyl (C=O) groups excluding carboxylic acids is 1. The number of hydrogen-bond donors (Lipinski definition) is 0. The molecule has 2 heteroatoms. The van der Waals surface area contributed by atoms with E-state index < -0.39 is 0 Å². The average Bonchev–Trinajstić information content (AvgIpc) is 2.11. The van der Waals surface area contributed by atoms with Gasteiger partial charge in [0, 0.05) is 6.42 Å². The molecule has 1 atom stereocenters. The molecule has 1 unspecified atom stereocenters. The topological polar surface area (TPSA) is 26.3 Å². The van der Waals surface area contributed by atoms with Crippen molar-refractivity contribution >= 4 is 5.97 Å². The van der Waals surface area contributed by atoms with E-state index in [1.807, 2.05) is 6.92 Å². The van der Waals surface area contributed by atoms with E-state index in [2.05, 4.69) is 16.6 Å². The van der Waals surface area contributed by atoms with Crippen molar-refractivity contribution in [1.82, 2.24) is 0 Å². The molecule has 0 heterocycles. The molecule has 0 bridgehead atoms. The molecule has 0 aliphatic rings. The summed E-state index contributed by atoms with van der Waals surface area (Å²) in [6.07, 6.45) is 2.42. The van der Waals surface area contributed by atoms with Gasteiger partial charge in [0.1, 0.15) is 0 Å². The summed E-state index contributed by atoms with van der Waals surface area (Å²) in [6.45, 7) is 3.79. The van der Waals surface area contributed by atoms with Crippen molar-refractivity contribution in [2.75, 3.05) is 7.11 Å². The Morgan fingerprint density at radius 3 is 2.67 bits per heavy atom. The van der Waals surface area contributed by atoms with Crippen LogP contribution >= 0.6 is 0 Å². The zero-order chi connectivity index (χ0) is 9.40. The lowest BCUT2D eigenvalue weighted by atomic mass is 10.0. The average molecular weight is 168 g/mol. The molecule has 0 aromatic rings. The molecule has 0 saturated carbocycles. The number of hydrogen-bond acceptors (Lipinski definition) is 2. The minimum atomic E-state index is -0.115. The Hall–Kier alpha value is -0.970. The number of carbonyl (C=O) groups is 1. The first-order valence-electron chi connectivity index (χ1n) is 4.23. The van der Waals surface area contributed by atoms with Gasteiger partial charge in [-0.05, 0) is 19.8 Å². The van der Waals surface area contributed by atoms with E-state index >= 15 is 0 Å². The minimum Gasteiger partial charge on any atom is -0.469 e. The van der Waals surface area contributed by atoms with Crippen LogP contribution < -0.4 is 0 Å². The highest BCUT2D eigenvalue weighted by atomic mass is 16.5. The lowest BCUT2D eigenvalue weighted by molar-refractivity contribution is -0.145. The van der Waals surface area contributed by atoms with Crippen LogP contribution in [-0.4, -0.2) is 13.1 Å². The van der Waals surface area contributed by atoms with Crippen LogP contribution in [0.2, 0.25) is 0 Å². The van der Waals surface area contributed by atoms with Gasteiger partial charge in [0.15, 0.2) is 0 Å². The Morgan fingerprint density at radius 1 is 1.58 bits per heavy atom. The van der Waals surface area contributed by atoms with Gasteiger partial charge in [-0.1, -0.05) is 6.92 Å². The van der Waals surface area contributed by atoms with Crippen molar-refractivity contribution in [3.63, 3.8) is 0 Å². The molecule has 0 radical (unpaired) electrons. The van der Waals surface area contributed by atoms with Gasteiger partial charge in [-0.15, -0.1) is 11.8 Å². The lowest BCUT2D eigenvalue weighted by Gasteiger charge is -2.09. The van der Waals surface area contributed by atoms with E-state index in [4.69, 9.17) is 0 Å². The number of methoxy groups -OCH3 is 1. The zero-order valence-electron chi connectivity index (χ0n) is 8.02. The summed E-state index contributed by atoms with van der Waals surface area (Å²) in [4.78, 5) is 11.1. The van der Waals surface area contributed by atoms with Crippen LogP contribution in [0, 0.1) is 17.8 Å². The fraction of sp³-hybridized carbons (Fsp3) is 0.700. The molecule has 0 amide bonds. The third kappa shape index (κ3) is 4.02. The monoisotopic (exact) mass is 168 g/mol. The summed E-state index contributed by atoms with van der Waals surface area (Å²) >= 11 is 0. The van der Waals surface area contributed by atoms with Crippen LogP contribution in [0.3, 0.4) is 0 Å². The Bertz CT molecular complexity index is 186. The van der Waals surface area contributed by atoms with E-state index in [9.17, 15) is 4.79 Å². The Labute approximate surface area is 74.3 Å². The molecule has 0 aliphatic heterocycles. The zero-order valence-corrected chi connectivity index (χ0v) is 8.02. The van der Waals surface area contributed by atoms with Gasteiger partial charge in [-0.3, -0.25) is 4.79 Å². The van der Waals surface area contributed by atoms with E-state index in [1.54, 1.807) is 6.92 Å². The minimum absolute atomic E-state index is 0.0239. The van der Waals surface area contributed by atoms with Crippen molar-refractivity contribution in [2.45, 2.75) is 33.1 Å². The summed E-state index contributed by atoms with van der Waals surface area (Å²) in [7, 11) is 1.43. The normalized spacial score (nSPS) is 11.2. The molecule has 0 saturated heterocycles. The van der Waals surface area contributed by atoms with Crippen molar-refractivity contribution < 1.29 is 9.53 Å². The Kier molecular flexibility index (Phi) is 6.18. The third-order valence-electron chi connectivity index (χ3n) is 1.82. The maximum Gasteiger partial charge on any atom is 0.308 e. The summed E-state index contributed by atoms with van der Waals surface area (Å²) in [6, 6.07) is 0. The largest absolute Gasteiger partial charge is 0.469 e. The summed E-state index contributed by atoms with van der Waals surface area (Å²) in [5, 5.41) is 0. The van der Waals surface area contributed by atoms with Crippen molar-refractivity contribution in [1.29, 1.82) is 0 Å². The van der Waals surface area contributed by atoms with Gasteiger partial charge >= 0.3 is 5.97 Å². The highest BCUT2D eigenvalue weighted by Crippen LogP contribution is 2.11. The Morgan fingerprint density at radius 2 is 2.25 bits per heavy atom. The molecule has 0 spiro atoms. The third-order valence-corrected chi connectivity index (χ3v) is 1.82. The van der Waals surface area contributed by atoms with Crippen LogP contribution in [0.1, 0.15) is 33.1 Å². The number of rotatable bonds is 4. The van der Waals surface area contributed by atoms with Crippen molar-refractivity contribution in [2.24, 2.45) is 5.92 Å². The van der Waals surface area contributed by atoms with Gasteiger partial charge in [0.25, 0.3) is 0 Å². The van der Waals surface area contributed by atoms with E-state index in [0.29, 0.717) is 0 Å². The SMILES string of the molecule is CC#CCCC(CC)C(=O)OC. The van der Waals surface area contributed by atoms with Gasteiger partial charge < -0.3 is 4.74 Å². The second-order valence-electron chi connectivity index (χ2n) is 2.59. The molecule has 0 fully saturated rings. The second-order valence-corrected chi connectivity index (χ2v) is 2.59. The van der Waals surface area contributed by atoms with E-state index in [1.165, 1.54) is 7.11 Å². The first-order valence-corrected chi connectivity index (χ1v) is 4.23. The smallest absolute Gasteiger partial charge is 0.308 e. The molecule has 0 aromatic heterocycles. The first-order chi connectivity index (χ1) is 5.76. The van der Waals surface area contributed by atoms with Crippen LogP contribution in [0.15, 0.2) is 0 Å². The van der Waals surface area contributed by atoms with Crippen LogP contribution in [0.4, 0.5) is 0 Å². The number of ether oxygens (including phenoxy) is 1. The summed E-state index contributed by atoms with van der Waals surface area (Å²) in [5.74, 6) is 5.64. The molecule has 2 nitrogen and oxygen atoms in total.